The standard InChI is InChI=1S/C17H17N3OS/c1-3-21-14-10-8-13(9-11-14)12(2)19-20-17-18-15-6-4-5-7-16(15)22-17/h4-11H,3H2,1-2H3,(H,18,20)/b19-12-. The number of ether oxygens (including phenoxy) is 1. The number of thiazole rings is 1. The summed E-state index contributed by atoms with van der Waals surface area (Å²) in [5, 5.41) is 5.21. The molecule has 3 rings (SSSR count). The fourth-order valence-electron chi connectivity index (χ4n) is 2.08. The molecule has 2 aromatic carbocycles. The van der Waals surface area contributed by atoms with Gasteiger partial charge in [0.05, 0.1) is 22.5 Å². The molecule has 0 atom stereocenters. The summed E-state index contributed by atoms with van der Waals surface area (Å²) in [5.41, 5.74) is 5.98. The minimum atomic E-state index is 0.672. The van der Waals surface area contributed by atoms with Gasteiger partial charge in [-0.3, -0.25) is 5.43 Å². The molecule has 1 aromatic heterocycles. The monoisotopic (exact) mass is 311 g/mol. The van der Waals surface area contributed by atoms with Crippen LogP contribution in [0, 0.1) is 0 Å². The third-order valence-electron chi connectivity index (χ3n) is 3.20. The average Bonchev–Trinajstić information content (AvgIpc) is 2.96. The van der Waals surface area contributed by atoms with Crippen molar-refractivity contribution in [2.75, 3.05) is 12.0 Å². The Bertz CT molecular complexity index is 760. The van der Waals surface area contributed by atoms with E-state index in [-0.39, 0.29) is 0 Å². The highest BCUT2D eigenvalue weighted by molar-refractivity contribution is 7.22. The lowest BCUT2D eigenvalue weighted by Gasteiger charge is -2.04. The van der Waals surface area contributed by atoms with Gasteiger partial charge in [0.1, 0.15) is 5.75 Å². The Morgan fingerprint density at radius 2 is 1.95 bits per heavy atom. The molecule has 0 aliphatic carbocycles. The van der Waals surface area contributed by atoms with Gasteiger partial charge in [-0.1, -0.05) is 23.5 Å². The quantitative estimate of drug-likeness (QED) is 0.556. The molecule has 3 aromatic rings. The number of anilines is 1. The predicted molar refractivity (Wildman–Crippen MR) is 93.1 cm³/mol. The first-order valence-electron chi connectivity index (χ1n) is 7.15. The van der Waals surface area contributed by atoms with Crippen molar-refractivity contribution in [2.45, 2.75) is 13.8 Å². The normalized spacial score (nSPS) is 11.6. The summed E-state index contributed by atoms with van der Waals surface area (Å²) in [6.07, 6.45) is 0. The van der Waals surface area contributed by atoms with E-state index in [4.69, 9.17) is 4.74 Å². The Hall–Kier alpha value is -2.40. The molecule has 0 aliphatic rings. The van der Waals surface area contributed by atoms with Crippen molar-refractivity contribution in [1.82, 2.24) is 4.98 Å². The minimum absolute atomic E-state index is 0.672. The number of rotatable bonds is 5. The number of nitrogens with zero attached hydrogens (tertiary/aromatic N) is 2. The number of nitrogens with one attached hydrogen (secondary N) is 1. The summed E-state index contributed by atoms with van der Waals surface area (Å²) in [7, 11) is 0. The summed E-state index contributed by atoms with van der Waals surface area (Å²) in [6.45, 7) is 4.62. The highest BCUT2D eigenvalue weighted by Crippen LogP contribution is 2.25. The third-order valence-corrected chi connectivity index (χ3v) is 4.14. The molecule has 0 amide bonds. The lowest BCUT2D eigenvalue weighted by Crippen LogP contribution is -2.00. The van der Waals surface area contributed by atoms with Crippen LogP contribution in [-0.2, 0) is 0 Å². The first-order valence-corrected chi connectivity index (χ1v) is 7.97. The van der Waals surface area contributed by atoms with E-state index in [1.807, 2.05) is 56.3 Å². The molecular formula is C17H17N3OS. The van der Waals surface area contributed by atoms with E-state index in [1.165, 1.54) is 0 Å². The first kappa shape index (κ1) is 14.5. The summed E-state index contributed by atoms with van der Waals surface area (Å²) in [5.74, 6) is 0.873. The molecule has 112 valence electrons. The van der Waals surface area contributed by atoms with Crippen LogP contribution in [0.3, 0.4) is 0 Å². The first-order chi connectivity index (χ1) is 10.8. The van der Waals surface area contributed by atoms with Gasteiger partial charge in [0.25, 0.3) is 0 Å². The molecule has 0 aliphatic heterocycles. The van der Waals surface area contributed by atoms with Gasteiger partial charge in [-0.15, -0.1) is 0 Å². The lowest BCUT2D eigenvalue weighted by molar-refractivity contribution is 0.340. The second kappa shape index (κ2) is 6.58. The van der Waals surface area contributed by atoms with Crippen LogP contribution in [0.4, 0.5) is 5.13 Å². The van der Waals surface area contributed by atoms with Crippen molar-refractivity contribution in [3.63, 3.8) is 0 Å². The van der Waals surface area contributed by atoms with Crippen molar-refractivity contribution < 1.29 is 4.74 Å². The van der Waals surface area contributed by atoms with Gasteiger partial charge in [0, 0.05) is 0 Å². The molecule has 1 heterocycles. The van der Waals surface area contributed by atoms with Crippen LogP contribution < -0.4 is 10.2 Å². The van der Waals surface area contributed by atoms with E-state index in [1.54, 1.807) is 11.3 Å². The maximum atomic E-state index is 5.44. The number of aromatic nitrogens is 1. The van der Waals surface area contributed by atoms with Crippen LogP contribution >= 0.6 is 11.3 Å². The van der Waals surface area contributed by atoms with Crippen LogP contribution in [0.15, 0.2) is 53.6 Å². The Labute approximate surface area is 133 Å². The van der Waals surface area contributed by atoms with Crippen LogP contribution in [0.1, 0.15) is 19.4 Å². The highest BCUT2D eigenvalue weighted by Gasteiger charge is 2.03. The molecule has 0 fully saturated rings. The molecule has 4 nitrogen and oxygen atoms in total. The largest absolute Gasteiger partial charge is 0.494 e. The van der Waals surface area contributed by atoms with Crippen LogP contribution in [0.25, 0.3) is 10.2 Å². The van der Waals surface area contributed by atoms with Crippen molar-refractivity contribution in [3.05, 3.63) is 54.1 Å². The molecule has 0 saturated heterocycles. The fourth-order valence-corrected chi connectivity index (χ4v) is 2.88. The van der Waals surface area contributed by atoms with E-state index in [9.17, 15) is 0 Å². The average molecular weight is 311 g/mol. The number of hydrogen-bond acceptors (Lipinski definition) is 5. The number of hydrogen-bond donors (Lipinski definition) is 1. The smallest absolute Gasteiger partial charge is 0.204 e. The van der Waals surface area contributed by atoms with Crippen molar-refractivity contribution in [2.24, 2.45) is 5.10 Å². The maximum Gasteiger partial charge on any atom is 0.204 e. The fraction of sp³-hybridized carbons (Fsp3) is 0.176. The van der Waals surface area contributed by atoms with E-state index >= 15 is 0 Å². The van der Waals surface area contributed by atoms with Crippen LogP contribution in [0.5, 0.6) is 5.75 Å². The van der Waals surface area contributed by atoms with E-state index in [2.05, 4.69) is 21.6 Å². The van der Waals surface area contributed by atoms with Gasteiger partial charge in [-0.2, -0.15) is 5.10 Å². The SMILES string of the molecule is CCOc1ccc(/C(C)=N\Nc2nc3ccccc3s2)cc1. The molecule has 0 unspecified atom stereocenters. The number of para-hydroxylation sites is 1. The summed E-state index contributed by atoms with van der Waals surface area (Å²) in [6, 6.07) is 16.0. The Balaban J connectivity index is 1.73. The third kappa shape index (κ3) is 3.26. The molecule has 0 spiro atoms. The van der Waals surface area contributed by atoms with Crippen molar-refractivity contribution in [1.29, 1.82) is 0 Å². The van der Waals surface area contributed by atoms with Crippen molar-refractivity contribution >= 4 is 32.4 Å². The second-order valence-corrected chi connectivity index (χ2v) is 5.78. The summed E-state index contributed by atoms with van der Waals surface area (Å²) >= 11 is 1.59. The summed E-state index contributed by atoms with van der Waals surface area (Å²) < 4.78 is 6.59. The van der Waals surface area contributed by atoms with Gasteiger partial charge in [-0.25, -0.2) is 4.98 Å². The second-order valence-electron chi connectivity index (χ2n) is 4.75. The Morgan fingerprint density at radius 1 is 1.18 bits per heavy atom. The summed E-state index contributed by atoms with van der Waals surface area (Å²) in [4.78, 5) is 4.50. The molecule has 0 saturated carbocycles. The zero-order chi connectivity index (χ0) is 15.4. The van der Waals surface area contributed by atoms with E-state index < -0.39 is 0 Å². The van der Waals surface area contributed by atoms with Gasteiger partial charge in [-0.05, 0) is 55.8 Å². The Kier molecular flexibility index (Phi) is 4.34. The van der Waals surface area contributed by atoms with E-state index in [0.717, 1.165) is 32.4 Å². The van der Waals surface area contributed by atoms with Gasteiger partial charge in [0.2, 0.25) is 5.13 Å². The highest BCUT2D eigenvalue weighted by atomic mass is 32.1. The zero-order valence-electron chi connectivity index (χ0n) is 12.5. The van der Waals surface area contributed by atoms with Gasteiger partial charge < -0.3 is 4.74 Å². The topological polar surface area (TPSA) is 46.5 Å². The molecule has 1 N–H and O–H groups in total. The predicted octanol–water partition coefficient (Wildman–Crippen LogP) is 4.53. The Morgan fingerprint density at radius 3 is 2.68 bits per heavy atom. The van der Waals surface area contributed by atoms with Gasteiger partial charge in [0.15, 0.2) is 0 Å². The van der Waals surface area contributed by atoms with Crippen molar-refractivity contribution in [3.8, 4) is 5.75 Å². The van der Waals surface area contributed by atoms with Crippen LogP contribution in [-0.4, -0.2) is 17.3 Å². The number of benzene rings is 2. The number of fused-ring (bicyclic) bond motifs is 1. The molecule has 5 heteroatoms. The maximum absolute atomic E-state index is 5.44. The molecule has 22 heavy (non-hydrogen) atoms. The molecule has 0 radical (unpaired) electrons. The molecular weight excluding hydrogens is 294 g/mol. The lowest BCUT2D eigenvalue weighted by atomic mass is 10.1. The zero-order valence-corrected chi connectivity index (χ0v) is 13.4. The number of hydrazone groups is 1. The van der Waals surface area contributed by atoms with E-state index in [0.29, 0.717) is 6.61 Å². The van der Waals surface area contributed by atoms with Crippen LogP contribution in [0.2, 0.25) is 0 Å². The molecule has 0 bridgehead atoms. The van der Waals surface area contributed by atoms with Gasteiger partial charge >= 0.3 is 0 Å². The minimum Gasteiger partial charge on any atom is -0.494 e.